The number of esters is 1. The summed E-state index contributed by atoms with van der Waals surface area (Å²) in [5.41, 5.74) is 7.53. The second-order valence-corrected chi connectivity index (χ2v) is 9.86. The first-order valence-electron chi connectivity index (χ1n) is 12.4. The molecule has 2 aliphatic heterocycles. The van der Waals surface area contributed by atoms with Crippen molar-refractivity contribution < 1.29 is 9.53 Å². The lowest BCUT2D eigenvalue weighted by Gasteiger charge is -2.38. The standard InChI is InChI=1S/C30H31NO2.ClH/c32-29-27-12-5-6-14-28(27)30(33-29)17-20-31(21-18-30)19-7-13-26-24-10-3-1-8-22(24)15-16-23-9-2-4-11-25(23)26;/h1-6,8-12,14,26H,7,13,15-21H2;1H. The third-order valence-corrected chi connectivity index (χ3v) is 8.08. The van der Waals surface area contributed by atoms with Crippen LogP contribution in [-0.4, -0.2) is 30.5 Å². The minimum absolute atomic E-state index is 0. The molecule has 2 heterocycles. The maximum absolute atomic E-state index is 12.4. The number of aryl methyl sites for hydroxylation is 2. The quantitative estimate of drug-likeness (QED) is 0.417. The third kappa shape index (κ3) is 4.06. The Morgan fingerprint density at radius 3 is 2.09 bits per heavy atom. The fourth-order valence-corrected chi connectivity index (χ4v) is 6.33. The molecular formula is C30H32ClNO2. The zero-order valence-corrected chi connectivity index (χ0v) is 20.4. The maximum Gasteiger partial charge on any atom is 0.339 e. The zero-order chi connectivity index (χ0) is 22.3. The van der Waals surface area contributed by atoms with Crippen LogP contribution in [0.4, 0.5) is 0 Å². The van der Waals surface area contributed by atoms with Crippen LogP contribution in [0.1, 0.15) is 69.8 Å². The highest BCUT2D eigenvalue weighted by Crippen LogP contribution is 2.44. The molecule has 0 radical (unpaired) electrons. The Bertz CT molecular complexity index is 1130. The van der Waals surface area contributed by atoms with Crippen molar-refractivity contribution in [1.82, 2.24) is 4.90 Å². The van der Waals surface area contributed by atoms with Gasteiger partial charge in [0.05, 0.1) is 5.56 Å². The summed E-state index contributed by atoms with van der Waals surface area (Å²) < 4.78 is 5.93. The average molecular weight is 474 g/mol. The minimum Gasteiger partial charge on any atom is -0.450 e. The molecule has 34 heavy (non-hydrogen) atoms. The lowest BCUT2D eigenvalue weighted by Crippen LogP contribution is -2.43. The molecular weight excluding hydrogens is 442 g/mol. The van der Waals surface area contributed by atoms with Gasteiger partial charge in [0.2, 0.25) is 0 Å². The number of hydrogen-bond acceptors (Lipinski definition) is 3. The summed E-state index contributed by atoms with van der Waals surface area (Å²) in [5, 5.41) is 0. The van der Waals surface area contributed by atoms with Gasteiger partial charge >= 0.3 is 5.97 Å². The van der Waals surface area contributed by atoms with E-state index in [2.05, 4.69) is 59.5 Å². The molecule has 1 saturated heterocycles. The molecule has 0 aromatic heterocycles. The molecule has 176 valence electrons. The number of halogens is 1. The Morgan fingerprint density at radius 2 is 1.41 bits per heavy atom. The number of ether oxygens (including phenoxy) is 1. The zero-order valence-electron chi connectivity index (χ0n) is 19.5. The van der Waals surface area contributed by atoms with Gasteiger partial charge in [-0.3, -0.25) is 0 Å². The second-order valence-electron chi connectivity index (χ2n) is 9.86. The van der Waals surface area contributed by atoms with Crippen molar-refractivity contribution in [3.8, 4) is 0 Å². The number of carbonyl (C=O) groups is 1. The number of carbonyl (C=O) groups excluding carboxylic acids is 1. The smallest absolute Gasteiger partial charge is 0.339 e. The predicted molar refractivity (Wildman–Crippen MR) is 138 cm³/mol. The molecule has 3 aliphatic rings. The van der Waals surface area contributed by atoms with E-state index in [-0.39, 0.29) is 18.4 Å². The van der Waals surface area contributed by atoms with Gasteiger partial charge in [-0.15, -0.1) is 12.4 Å². The third-order valence-electron chi connectivity index (χ3n) is 8.08. The van der Waals surface area contributed by atoms with Crippen molar-refractivity contribution in [3.05, 3.63) is 106 Å². The van der Waals surface area contributed by atoms with E-state index in [1.807, 2.05) is 18.2 Å². The van der Waals surface area contributed by atoms with Crippen LogP contribution >= 0.6 is 12.4 Å². The summed E-state index contributed by atoms with van der Waals surface area (Å²) in [6.07, 6.45) is 6.41. The SMILES string of the molecule is Cl.O=C1OC2(CCN(CCCC3c4ccccc4CCc4ccccc43)CC2)c2ccccc21. The van der Waals surface area contributed by atoms with Gasteiger partial charge in [-0.25, -0.2) is 4.79 Å². The van der Waals surface area contributed by atoms with E-state index in [0.717, 1.165) is 56.4 Å². The summed E-state index contributed by atoms with van der Waals surface area (Å²) in [6.45, 7) is 3.07. The van der Waals surface area contributed by atoms with Crippen LogP contribution in [0.2, 0.25) is 0 Å². The van der Waals surface area contributed by atoms with E-state index in [9.17, 15) is 4.79 Å². The highest BCUT2D eigenvalue weighted by Gasteiger charge is 2.46. The highest BCUT2D eigenvalue weighted by molar-refractivity contribution is 5.94. The first-order valence-corrected chi connectivity index (χ1v) is 12.4. The summed E-state index contributed by atoms with van der Waals surface area (Å²) in [4.78, 5) is 14.9. The molecule has 1 aliphatic carbocycles. The average Bonchev–Trinajstić information content (AvgIpc) is 3.03. The van der Waals surface area contributed by atoms with Gasteiger partial charge < -0.3 is 9.64 Å². The molecule has 0 amide bonds. The lowest BCUT2D eigenvalue weighted by atomic mass is 9.83. The van der Waals surface area contributed by atoms with Gasteiger partial charge in [-0.1, -0.05) is 66.7 Å². The summed E-state index contributed by atoms with van der Waals surface area (Å²) in [5.74, 6) is 0.337. The summed E-state index contributed by atoms with van der Waals surface area (Å²) in [6, 6.07) is 26.0. The Hall–Kier alpha value is -2.62. The van der Waals surface area contributed by atoms with Crippen molar-refractivity contribution >= 4 is 18.4 Å². The normalized spacial score (nSPS) is 18.9. The van der Waals surface area contributed by atoms with Gasteiger partial charge in [0.15, 0.2) is 0 Å². The van der Waals surface area contributed by atoms with E-state index < -0.39 is 5.60 Å². The molecule has 1 fully saturated rings. The van der Waals surface area contributed by atoms with Crippen molar-refractivity contribution in [2.24, 2.45) is 0 Å². The number of benzene rings is 3. The molecule has 0 N–H and O–H groups in total. The Balaban J connectivity index is 0.00000241. The maximum atomic E-state index is 12.4. The van der Waals surface area contributed by atoms with Crippen LogP contribution in [0.25, 0.3) is 0 Å². The first-order chi connectivity index (χ1) is 16.2. The van der Waals surface area contributed by atoms with E-state index >= 15 is 0 Å². The van der Waals surface area contributed by atoms with E-state index in [1.54, 1.807) is 0 Å². The summed E-state index contributed by atoms with van der Waals surface area (Å²) in [7, 11) is 0. The second kappa shape index (κ2) is 9.56. The van der Waals surface area contributed by atoms with Crippen LogP contribution in [-0.2, 0) is 23.2 Å². The van der Waals surface area contributed by atoms with Crippen molar-refractivity contribution in [2.45, 2.75) is 50.0 Å². The van der Waals surface area contributed by atoms with Crippen LogP contribution in [0.15, 0.2) is 72.8 Å². The van der Waals surface area contributed by atoms with Crippen molar-refractivity contribution in [2.75, 3.05) is 19.6 Å². The van der Waals surface area contributed by atoms with Gasteiger partial charge in [-0.2, -0.15) is 0 Å². The van der Waals surface area contributed by atoms with Crippen LogP contribution in [0.5, 0.6) is 0 Å². The molecule has 3 aromatic carbocycles. The number of fused-ring (bicyclic) bond motifs is 4. The minimum atomic E-state index is -0.399. The number of likely N-dealkylation sites (tertiary alicyclic amines) is 1. The van der Waals surface area contributed by atoms with E-state index in [1.165, 1.54) is 35.1 Å². The number of hydrogen-bond donors (Lipinski definition) is 0. The molecule has 4 heteroatoms. The molecule has 1 spiro atoms. The molecule has 3 aromatic rings. The Kier molecular flexibility index (Phi) is 6.50. The van der Waals surface area contributed by atoms with Crippen molar-refractivity contribution in [3.63, 3.8) is 0 Å². The van der Waals surface area contributed by atoms with Crippen LogP contribution in [0.3, 0.4) is 0 Å². The Labute approximate surface area is 208 Å². The van der Waals surface area contributed by atoms with Crippen molar-refractivity contribution in [1.29, 1.82) is 0 Å². The molecule has 0 unspecified atom stereocenters. The first kappa shape index (κ1) is 23.1. The predicted octanol–water partition coefficient (Wildman–Crippen LogP) is 6.28. The molecule has 0 saturated carbocycles. The molecule has 3 nitrogen and oxygen atoms in total. The van der Waals surface area contributed by atoms with Gasteiger partial charge in [0.25, 0.3) is 0 Å². The number of piperidine rings is 1. The van der Waals surface area contributed by atoms with Crippen LogP contribution < -0.4 is 0 Å². The molecule has 6 rings (SSSR count). The highest BCUT2D eigenvalue weighted by atomic mass is 35.5. The fraction of sp³-hybridized carbons (Fsp3) is 0.367. The Morgan fingerprint density at radius 1 is 0.824 bits per heavy atom. The molecule has 0 atom stereocenters. The monoisotopic (exact) mass is 473 g/mol. The largest absolute Gasteiger partial charge is 0.450 e. The molecule has 0 bridgehead atoms. The van der Waals surface area contributed by atoms with Gasteiger partial charge in [-0.05, 0) is 60.5 Å². The van der Waals surface area contributed by atoms with Gasteiger partial charge in [0, 0.05) is 37.4 Å². The lowest BCUT2D eigenvalue weighted by molar-refractivity contribution is -0.0430. The fourth-order valence-electron chi connectivity index (χ4n) is 6.33. The van der Waals surface area contributed by atoms with Gasteiger partial charge in [0.1, 0.15) is 5.60 Å². The van der Waals surface area contributed by atoms with E-state index in [0.29, 0.717) is 5.92 Å². The van der Waals surface area contributed by atoms with E-state index in [4.69, 9.17) is 4.74 Å². The number of nitrogens with zero attached hydrogens (tertiary/aromatic N) is 1. The number of rotatable bonds is 4. The van der Waals surface area contributed by atoms with Crippen LogP contribution in [0, 0.1) is 0 Å². The summed E-state index contributed by atoms with van der Waals surface area (Å²) >= 11 is 0. The topological polar surface area (TPSA) is 29.5 Å².